The van der Waals surface area contributed by atoms with E-state index in [1.807, 2.05) is 49.4 Å². The Labute approximate surface area is 185 Å². The maximum atomic E-state index is 13.7. The van der Waals surface area contributed by atoms with Gasteiger partial charge in [-0.25, -0.2) is 8.42 Å². The summed E-state index contributed by atoms with van der Waals surface area (Å²) in [5.74, 6) is 0. The minimum atomic E-state index is -3.84. The van der Waals surface area contributed by atoms with Crippen LogP contribution in [0.25, 0.3) is 10.8 Å². The molecule has 1 aliphatic rings. The summed E-state index contributed by atoms with van der Waals surface area (Å²) in [6.07, 6.45) is 2.69. The van der Waals surface area contributed by atoms with Crippen LogP contribution in [-0.4, -0.2) is 50.7 Å². The van der Waals surface area contributed by atoms with Crippen molar-refractivity contribution in [2.45, 2.75) is 37.2 Å². The van der Waals surface area contributed by atoms with E-state index in [-0.39, 0.29) is 11.4 Å². The lowest BCUT2D eigenvalue weighted by Gasteiger charge is -2.32. The van der Waals surface area contributed by atoms with E-state index in [4.69, 9.17) is 0 Å². The Morgan fingerprint density at radius 1 is 0.935 bits per heavy atom. The third-order valence-corrected chi connectivity index (χ3v) is 7.73. The van der Waals surface area contributed by atoms with Crippen LogP contribution in [-0.2, 0) is 10.0 Å². The zero-order valence-electron chi connectivity index (χ0n) is 17.9. The van der Waals surface area contributed by atoms with E-state index in [9.17, 15) is 13.5 Å². The molecule has 1 N–H and O–H groups in total. The first-order valence-corrected chi connectivity index (χ1v) is 12.4. The minimum absolute atomic E-state index is 0.0146. The molecule has 1 saturated heterocycles. The van der Waals surface area contributed by atoms with Gasteiger partial charge in [0.15, 0.2) is 0 Å². The molecule has 3 aromatic carbocycles. The van der Waals surface area contributed by atoms with Gasteiger partial charge in [0, 0.05) is 11.9 Å². The summed E-state index contributed by atoms with van der Waals surface area (Å²) in [5, 5.41) is 12.7. The normalized spacial score (nSPS) is 16.3. The predicted octanol–water partition coefficient (Wildman–Crippen LogP) is 4.19. The zero-order valence-corrected chi connectivity index (χ0v) is 18.8. The third kappa shape index (κ3) is 4.92. The maximum Gasteiger partial charge on any atom is 0.264 e. The topological polar surface area (TPSA) is 60.9 Å². The van der Waals surface area contributed by atoms with Gasteiger partial charge >= 0.3 is 0 Å². The molecule has 0 amide bonds. The van der Waals surface area contributed by atoms with Crippen molar-refractivity contribution >= 4 is 26.5 Å². The molecule has 0 bridgehead atoms. The number of nitrogens with zero attached hydrogens (tertiary/aromatic N) is 2. The monoisotopic (exact) mass is 438 g/mol. The van der Waals surface area contributed by atoms with Crippen LogP contribution in [0, 0.1) is 6.92 Å². The van der Waals surface area contributed by atoms with E-state index in [2.05, 4.69) is 4.90 Å². The van der Waals surface area contributed by atoms with Crippen LogP contribution in [0.2, 0.25) is 0 Å². The SMILES string of the molecule is Cc1ccc(S(=O)(=O)N(CC(O)CN2CCCCC2)c2cccc3ccccc23)cc1. The number of aliphatic hydroxyl groups excluding tert-OH is 1. The Hall–Kier alpha value is -2.41. The number of hydrogen-bond donors (Lipinski definition) is 1. The lowest BCUT2D eigenvalue weighted by atomic mass is 10.1. The van der Waals surface area contributed by atoms with Gasteiger partial charge in [0.1, 0.15) is 0 Å². The van der Waals surface area contributed by atoms with Gasteiger partial charge in [-0.15, -0.1) is 0 Å². The van der Waals surface area contributed by atoms with E-state index >= 15 is 0 Å². The number of benzene rings is 3. The molecule has 1 fully saturated rings. The van der Waals surface area contributed by atoms with Gasteiger partial charge in [0.2, 0.25) is 0 Å². The number of aliphatic hydroxyl groups is 1. The number of sulfonamides is 1. The van der Waals surface area contributed by atoms with E-state index in [0.717, 1.165) is 42.3 Å². The molecule has 0 spiro atoms. The highest BCUT2D eigenvalue weighted by Gasteiger charge is 2.29. The molecule has 164 valence electrons. The molecule has 0 saturated carbocycles. The fraction of sp³-hybridized carbons (Fsp3) is 0.360. The van der Waals surface area contributed by atoms with E-state index in [0.29, 0.717) is 12.2 Å². The largest absolute Gasteiger partial charge is 0.390 e. The number of likely N-dealkylation sites (tertiary alicyclic amines) is 1. The van der Waals surface area contributed by atoms with Crippen molar-refractivity contribution < 1.29 is 13.5 Å². The second kappa shape index (κ2) is 9.39. The average molecular weight is 439 g/mol. The summed E-state index contributed by atoms with van der Waals surface area (Å²) in [4.78, 5) is 2.46. The number of hydrogen-bond acceptors (Lipinski definition) is 4. The first kappa shape index (κ1) is 21.8. The molecule has 31 heavy (non-hydrogen) atoms. The average Bonchev–Trinajstić information content (AvgIpc) is 2.78. The Balaban J connectivity index is 1.72. The van der Waals surface area contributed by atoms with Crippen molar-refractivity contribution in [1.29, 1.82) is 0 Å². The van der Waals surface area contributed by atoms with E-state index < -0.39 is 16.1 Å². The van der Waals surface area contributed by atoms with E-state index in [1.54, 1.807) is 24.3 Å². The fourth-order valence-corrected chi connectivity index (χ4v) is 5.80. The van der Waals surface area contributed by atoms with Gasteiger partial charge in [0.05, 0.1) is 23.2 Å². The second-order valence-corrected chi connectivity index (χ2v) is 10.2. The molecule has 0 aliphatic carbocycles. The lowest BCUT2D eigenvalue weighted by molar-refractivity contribution is 0.107. The molecule has 3 aromatic rings. The van der Waals surface area contributed by atoms with E-state index in [1.165, 1.54) is 10.7 Å². The highest BCUT2D eigenvalue weighted by molar-refractivity contribution is 7.92. The summed E-state index contributed by atoms with van der Waals surface area (Å²) in [6.45, 7) is 4.33. The summed E-state index contributed by atoms with van der Waals surface area (Å²) in [5.41, 5.74) is 1.59. The number of anilines is 1. The fourth-order valence-electron chi connectivity index (χ4n) is 4.28. The second-order valence-electron chi connectivity index (χ2n) is 8.36. The molecule has 0 radical (unpaired) electrons. The van der Waals surface area contributed by atoms with Crippen molar-refractivity contribution in [1.82, 2.24) is 4.90 Å². The number of aryl methyl sites for hydroxylation is 1. The van der Waals surface area contributed by atoms with Crippen LogP contribution >= 0.6 is 0 Å². The first-order chi connectivity index (χ1) is 14.9. The van der Waals surface area contributed by atoms with Crippen LogP contribution in [0.5, 0.6) is 0 Å². The van der Waals surface area contributed by atoms with Gasteiger partial charge in [-0.2, -0.15) is 0 Å². The maximum absolute atomic E-state index is 13.7. The third-order valence-electron chi connectivity index (χ3n) is 5.94. The molecule has 1 atom stereocenters. The summed E-state index contributed by atoms with van der Waals surface area (Å²) in [6, 6.07) is 20.3. The first-order valence-electron chi connectivity index (χ1n) is 10.9. The molecule has 4 rings (SSSR count). The Bertz CT molecular complexity index is 1120. The van der Waals surface area contributed by atoms with Gasteiger partial charge in [-0.05, 0) is 56.4 Å². The van der Waals surface area contributed by atoms with Crippen molar-refractivity contribution in [2.75, 3.05) is 30.5 Å². The Morgan fingerprint density at radius 3 is 2.35 bits per heavy atom. The number of piperidine rings is 1. The Kier molecular flexibility index (Phi) is 6.60. The molecular formula is C25H30N2O3S. The highest BCUT2D eigenvalue weighted by atomic mass is 32.2. The van der Waals surface area contributed by atoms with Gasteiger partial charge in [-0.3, -0.25) is 4.31 Å². The lowest BCUT2D eigenvalue weighted by Crippen LogP contribution is -2.44. The summed E-state index contributed by atoms with van der Waals surface area (Å²) in [7, 11) is -3.84. The van der Waals surface area contributed by atoms with Gasteiger partial charge in [-0.1, -0.05) is 60.5 Å². The summed E-state index contributed by atoms with van der Waals surface area (Å²) < 4.78 is 28.8. The molecule has 0 aromatic heterocycles. The van der Waals surface area contributed by atoms with Crippen LogP contribution in [0.3, 0.4) is 0 Å². The van der Waals surface area contributed by atoms with Crippen molar-refractivity contribution in [3.63, 3.8) is 0 Å². The zero-order chi connectivity index (χ0) is 21.8. The molecule has 1 heterocycles. The number of rotatable bonds is 7. The predicted molar refractivity (Wildman–Crippen MR) is 126 cm³/mol. The standard InChI is InChI=1S/C25H30N2O3S/c1-20-12-14-23(15-13-20)31(29,30)27(19-22(28)18-26-16-5-2-6-17-26)25-11-7-9-21-8-3-4-10-24(21)25/h3-4,7-15,22,28H,2,5-6,16-19H2,1H3. The van der Waals surface area contributed by atoms with Crippen molar-refractivity contribution in [3.8, 4) is 0 Å². The summed E-state index contributed by atoms with van der Waals surface area (Å²) >= 11 is 0. The highest BCUT2D eigenvalue weighted by Crippen LogP contribution is 2.31. The van der Waals surface area contributed by atoms with Crippen LogP contribution in [0.15, 0.2) is 71.6 Å². The smallest absolute Gasteiger partial charge is 0.264 e. The van der Waals surface area contributed by atoms with Crippen LogP contribution < -0.4 is 4.31 Å². The number of β-amino-alcohol motifs (C(OH)–C–C–N with tert-alkyl or cyclic N) is 1. The number of fused-ring (bicyclic) bond motifs is 1. The molecule has 6 heteroatoms. The van der Waals surface area contributed by atoms with Crippen LogP contribution in [0.4, 0.5) is 5.69 Å². The van der Waals surface area contributed by atoms with Crippen molar-refractivity contribution in [2.24, 2.45) is 0 Å². The molecule has 1 aliphatic heterocycles. The van der Waals surface area contributed by atoms with Crippen molar-refractivity contribution in [3.05, 3.63) is 72.3 Å². The van der Waals surface area contributed by atoms with Gasteiger partial charge in [0.25, 0.3) is 10.0 Å². The molecule has 1 unspecified atom stereocenters. The van der Waals surface area contributed by atoms with Gasteiger partial charge < -0.3 is 10.0 Å². The molecule has 5 nitrogen and oxygen atoms in total. The quantitative estimate of drug-likeness (QED) is 0.601. The van der Waals surface area contributed by atoms with Crippen LogP contribution in [0.1, 0.15) is 24.8 Å². The minimum Gasteiger partial charge on any atom is -0.390 e. The molecular weight excluding hydrogens is 408 g/mol. The Morgan fingerprint density at radius 2 is 1.61 bits per heavy atom.